The van der Waals surface area contributed by atoms with Gasteiger partial charge in [-0.05, 0) is 19.3 Å². The molecule has 1 fully saturated rings. The molecule has 1 unspecified atom stereocenters. The van der Waals surface area contributed by atoms with E-state index in [0.29, 0.717) is 32.7 Å². The molecule has 1 aliphatic heterocycles. The third-order valence-corrected chi connectivity index (χ3v) is 5.39. The Labute approximate surface area is 142 Å². The number of hydrogen-bond acceptors (Lipinski definition) is 6. The minimum absolute atomic E-state index is 0.0167. The molecule has 0 aromatic carbocycles. The van der Waals surface area contributed by atoms with Crippen LogP contribution in [0, 0.1) is 0 Å². The summed E-state index contributed by atoms with van der Waals surface area (Å²) in [6.07, 6.45) is 6.27. The van der Waals surface area contributed by atoms with E-state index in [9.17, 15) is 13.2 Å². The first-order valence-corrected chi connectivity index (χ1v) is 9.90. The number of hydrogen-bond donors (Lipinski definition) is 1. The van der Waals surface area contributed by atoms with E-state index in [-0.39, 0.29) is 17.6 Å². The number of aryl methyl sites for hydroxylation is 1. The number of rotatable bonds is 8. The number of aromatic nitrogens is 3. The van der Waals surface area contributed by atoms with Gasteiger partial charge in [-0.25, -0.2) is 8.42 Å². The maximum absolute atomic E-state index is 11.9. The SMILES string of the molecule is COCCNC(=O)c1cn(CCC2CCCCN2S(C)(=O)=O)nn1. The molecule has 1 aromatic heterocycles. The first-order valence-electron chi connectivity index (χ1n) is 8.06. The summed E-state index contributed by atoms with van der Waals surface area (Å²) in [4.78, 5) is 11.9. The molecule has 1 amide bonds. The highest BCUT2D eigenvalue weighted by molar-refractivity contribution is 7.88. The van der Waals surface area contributed by atoms with Crippen molar-refractivity contribution in [1.29, 1.82) is 0 Å². The molecule has 1 aromatic rings. The average Bonchev–Trinajstić information content (AvgIpc) is 3.01. The topological polar surface area (TPSA) is 106 Å². The van der Waals surface area contributed by atoms with Gasteiger partial charge < -0.3 is 10.1 Å². The second kappa shape index (κ2) is 8.54. The molecule has 0 aliphatic carbocycles. The fourth-order valence-electron chi connectivity index (χ4n) is 2.85. The zero-order valence-electron chi connectivity index (χ0n) is 14.1. The Balaban J connectivity index is 1.89. The second-order valence-electron chi connectivity index (χ2n) is 5.93. The van der Waals surface area contributed by atoms with Gasteiger partial charge in [0.1, 0.15) is 0 Å². The molecule has 0 saturated carbocycles. The predicted octanol–water partition coefficient (Wildman–Crippen LogP) is -0.141. The van der Waals surface area contributed by atoms with Gasteiger partial charge in [-0.1, -0.05) is 11.6 Å². The summed E-state index contributed by atoms with van der Waals surface area (Å²) in [6.45, 7) is 1.94. The molecule has 136 valence electrons. The number of sulfonamides is 1. The number of methoxy groups -OCH3 is 1. The Bertz CT molecular complexity index is 645. The van der Waals surface area contributed by atoms with E-state index in [4.69, 9.17) is 4.74 Å². The third-order valence-electron chi connectivity index (χ3n) is 4.05. The molecule has 1 aliphatic rings. The maximum atomic E-state index is 11.9. The van der Waals surface area contributed by atoms with Gasteiger partial charge >= 0.3 is 0 Å². The predicted molar refractivity (Wildman–Crippen MR) is 88.0 cm³/mol. The van der Waals surface area contributed by atoms with Crippen LogP contribution in [0.2, 0.25) is 0 Å². The normalized spacial score (nSPS) is 19.3. The maximum Gasteiger partial charge on any atom is 0.273 e. The van der Waals surface area contributed by atoms with Crippen molar-refractivity contribution in [2.24, 2.45) is 0 Å². The fraction of sp³-hybridized carbons (Fsp3) is 0.786. The van der Waals surface area contributed by atoms with Crippen LogP contribution in [-0.2, 0) is 21.3 Å². The van der Waals surface area contributed by atoms with Crippen LogP contribution in [0.1, 0.15) is 36.2 Å². The summed E-state index contributed by atoms with van der Waals surface area (Å²) in [7, 11) is -1.63. The lowest BCUT2D eigenvalue weighted by Gasteiger charge is -2.33. The molecular formula is C14H25N5O4S. The molecule has 1 N–H and O–H groups in total. The molecule has 0 spiro atoms. The average molecular weight is 359 g/mol. The van der Waals surface area contributed by atoms with Gasteiger partial charge in [0.05, 0.1) is 19.1 Å². The standard InChI is InChI=1S/C14H25N5O4S/c1-23-10-7-15-14(20)13-11-18(17-16-13)9-6-12-5-3-4-8-19(12)24(2,21)22/h11-12H,3-10H2,1-2H3,(H,15,20). The summed E-state index contributed by atoms with van der Waals surface area (Å²) in [5.74, 6) is -0.297. The van der Waals surface area contributed by atoms with Crippen molar-refractivity contribution in [3.8, 4) is 0 Å². The van der Waals surface area contributed by atoms with E-state index in [1.165, 1.54) is 6.26 Å². The number of nitrogens with zero attached hydrogens (tertiary/aromatic N) is 4. The molecule has 1 saturated heterocycles. The van der Waals surface area contributed by atoms with Crippen LogP contribution in [0.25, 0.3) is 0 Å². The third kappa shape index (κ3) is 5.25. The van der Waals surface area contributed by atoms with Crippen molar-refractivity contribution >= 4 is 15.9 Å². The smallest absolute Gasteiger partial charge is 0.273 e. The lowest BCUT2D eigenvalue weighted by molar-refractivity contribution is 0.0932. The highest BCUT2D eigenvalue weighted by Crippen LogP contribution is 2.22. The second-order valence-corrected chi connectivity index (χ2v) is 7.86. The molecule has 0 bridgehead atoms. The van der Waals surface area contributed by atoms with E-state index in [1.54, 1.807) is 22.3 Å². The zero-order chi connectivity index (χ0) is 17.6. The van der Waals surface area contributed by atoms with Gasteiger partial charge in [0.15, 0.2) is 5.69 Å². The molecule has 2 rings (SSSR count). The van der Waals surface area contributed by atoms with Gasteiger partial charge in [0, 0.05) is 32.8 Å². The minimum atomic E-state index is -3.19. The van der Waals surface area contributed by atoms with Crippen LogP contribution in [0.3, 0.4) is 0 Å². The first-order chi connectivity index (χ1) is 11.4. The monoisotopic (exact) mass is 359 g/mol. The van der Waals surface area contributed by atoms with Gasteiger partial charge in [-0.2, -0.15) is 4.31 Å². The number of amides is 1. The van der Waals surface area contributed by atoms with Gasteiger partial charge in [0.25, 0.3) is 5.91 Å². The number of ether oxygens (including phenoxy) is 1. The number of carbonyl (C=O) groups excluding carboxylic acids is 1. The Morgan fingerprint density at radius 2 is 2.25 bits per heavy atom. The molecule has 0 radical (unpaired) electrons. The summed E-state index contributed by atoms with van der Waals surface area (Å²) in [6, 6.07) is -0.0167. The van der Waals surface area contributed by atoms with Crippen LogP contribution in [-0.4, -0.2) is 72.7 Å². The van der Waals surface area contributed by atoms with E-state index in [1.807, 2.05) is 0 Å². The Morgan fingerprint density at radius 3 is 2.96 bits per heavy atom. The van der Waals surface area contributed by atoms with Crippen LogP contribution < -0.4 is 5.32 Å². The van der Waals surface area contributed by atoms with E-state index in [0.717, 1.165) is 19.3 Å². The lowest BCUT2D eigenvalue weighted by atomic mass is 10.0. The molecule has 1 atom stereocenters. The fourth-order valence-corrected chi connectivity index (χ4v) is 4.06. The van der Waals surface area contributed by atoms with Gasteiger partial charge in [-0.15, -0.1) is 5.10 Å². The lowest BCUT2D eigenvalue weighted by Crippen LogP contribution is -2.43. The van der Waals surface area contributed by atoms with Gasteiger partial charge in [-0.3, -0.25) is 9.48 Å². The van der Waals surface area contributed by atoms with Gasteiger partial charge in [0.2, 0.25) is 10.0 Å². The molecule has 24 heavy (non-hydrogen) atoms. The minimum Gasteiger partial charge on any atom is -0.383 e. The van der Waals surface area contributed by atoms with Crippen LogP contribution >= 0.6 is 0 Å². The Morgan fingerprint density at radius 1 is 1.46 bits per heavy atom. The zero-order valence-corrected chi connectivity index (χ0v) is 15.0. The van der Waals surface area contributed by atoms with E-state index >= 15 is 0 Å². The first kappa shape index (κ1) is 18.8. The van der Waals surface area contributed by atoms with Crippen molar-refractivity contribution in [1.82, 2.24) is 24.6 Å². The molecule has 9 nitrogen and oxygen atoms in total. The Kier molecular flexibility index (Phi) is 6.69. The van der Waals surface area contributed by atoms with Crippen molar-refractivity contribution in [2.45, 2.75) is 38.3 Å². The summed E-state index contributed by atoms with van der Waals surface area (Å²) >= 11 is 0. The van der Waals surface area contributed by atoms with Crippen molar-refractivity contribution in [3.05, 3.63) is 11.9 Å². The molecular weight excluding hydrogens is 334 g/mol. The van der Waals surface area contributed by atoms with Crippen molar-refractivity contribution < 1.29 is 17.9 Å². The van der Waals surface area contributed by atoms with Crippen LogP contribution in [0.4, 0.5) is 0 Å². The van der Waals surface area contributed by atoms with Crippen LogP contribution in [0.5, 0.6) is 0 Å². The number of carbonyl (C=O) groups is 1. The molecule has 10 heteroatoms. The summed E-state index contributed by atoms with van der Waals surface area (Å²) in [5, 5.41) is 10.5. The highest BCUT2D eigenvalue weighted by Gasteiger charge is 2.29. The Hall–Kier alpha value is -1.52. The largest absolute Gasteiger partial charge is 0.383 e. The quantitative estimate of drug-likeness (QED) is 0.648. The summed E-state index contributed by atoms with van der Waals surface area (Å²) in [5.41, 5.74) is 0.245. The number of piperidine rings is 1. The molecule has 2 heterocycles. The highest BCUT2D eigenvalue weighted by atomic mass is 32.2. The van der Waals surface area contributed by atoms with E-state index in [2.05, 4.69) is 15.6 Å². The van der Waals surface area contributed by atoms with E-state index < -0.39 is 10.0 Å². The van der Waals surface area contributed by atoms with Crippen molar-refractivity contribution in [3.63, 3.8) is 0 Å². The van der Waals surface area contributed by atoms with Crippen molar-refractivity contribution in [2.75, 3.05) is 33.1 Å². The number of nitrogens with one attached hydrogen (secondary N) is 1. The van der Waals surface area contributed by atoms with Crippen LogP contribution in [0.15, 0.2) is 6.20 Å². The summed E-state index contributed by atoms with van der Waals surface area (Å²) < 4.78 is 31.7.